The molecule has 5 nitrogen and oxygen atoms in total. The number of nitrogens with one attached hydrogen (secondary N) is 1. The number of hydrogen-bond acceptors (Lipinski definition) is 3. The van der Waals surface area contributed by atoms with Gasteiger partial charge in [-0.3, -0.25) is 4.68 Å². The number of anilines is 1. The third-order valence-corrected chi connectivity index (χ3v) is 2.36. The molecule has 0 aromatic carbocycles. The smallest absolute Gasteiger partial charge is 0.333 e. The predicted octanol–water partition coefficient (Wildman–Crippen LogP) is 2.53. The summed E-state index contributed by atoms with van der Waals surface area (Å²) in [6.07, 6.45) is 2.95. The Morgan fingerprint density at radius 3 is 2.78 bits per heavy atom. The second-order valence-electron chi connectivity index (χ2n) is 3.45. The van der Waals surface area contributed by atoms with Crippen LogP contribution in [0, 0.1) is 0 Å². The summed E-state index contributed by atoms with van der Waals surface area (Å²) in [5.41, 5.74) is 0.985. The summed E-state index contributed by atoms with van der Waals surface area (Å²) in [5.74, 6) is 0.425. The van der Waals surface area contributed by atoms with Crippen molar-refractivity contribution < 1.29 is 8.78 Å². The van der Waals surface area contributed by atoms with E-state index in [9.17, 15) is 8.78 Å². The number of aryl methyl sites for hydroxylation is 1. The van der Waals surface area contributed by atoms with Crippen molar-refractivity contribution in [2.24, 2.45) is 0 Å². The van der Waals surface area contributed by atoms with Crippen molar-refractivity contribution in [2.75, 3.05) is 5.32 Å². The third kappa shape index (κ3) is 3.19. The average Bonchev–Trinajstić information content (AvgIpc) is 2.95. The summed E-state index contributed by atoms with van der Waals surface area (Å²) < 4.78 is 27.0. The Morgan fingerprint density at radius 1 is 1.39 bits per heavy atom. The number of hydrogen-bond donors (Lipinski definition) is 1. The molecule has 0 aliphatic rings. The van der Waals surface area contributed by atoms with E-state index in [2.05, 4.69) is 15.5 Å². The summed E-state index contributed by atoms with van der Waals surface area (Å²) in [6.45, 7) is 0.665. The van der Waals surface area contributed by atoms with Gasteiger partial charge in [-0.1, -0.05) is 0 Å². The van der Waals surface area contributed by atoms with Gasteiger partial charge in [0.15, 0.2) is 0 Å². The minimum Gasteiger partial charge on any atom is -0.363 e. The first kappa shape index (κ1) is 14.4. The van der Waals surface area contributed by atoms with Crippen LogP contribution in [0.15, 0.2) is 24.5 Å². The zero-order chi connectivity index (χ0) is 12.3. The van der Waals surface area contributed by atoms with E-state index in [-0.39, 0.29) is 12.4 Å². The van der Waals surface area contributed by atoms with Crippen LogP contribution in [-0.4, -0.2) is 19.6 Å². The van der Waals surface area contributed by atoms with E-state index in [1.807, 2.05) is 17.7 Å². The number of halogens is 3. The summed E-state index contributed by atoms with van der Waals surface area (Å²) in [5, 5.41) is 10.8. The Morgan fingerprint density at radius 2 is 2.17 bits per heavy atom. The number of nitrogens with zero attached hydrogens (tertiary/aromatic N) is 4. The van der Waals surface area contributed by atoms with Crippen LogP contribution < -0.4 is 5.32 Å². The first-order chi connectivity index (χ1) is 8.20. The first-order valence-electron chi connectivity index (χ1n) is 5.28. The monoisotopic (exact) mass is 277 g/mol. The van der Waals surface area contributed by atoms with E-state index in [0.717, 1.165) is 12.2 Å². The summed E-state index contributed by atoms with van der Waals surface area (Å²) in [6, 6.07) is 3.39. The third-order valence-electron chi connectivity index (χ3n) is 2.36. The van der Waals surface area contributed by atoms with Crippen molar-refractivity contribution in [3.05, 3.63) is 30.2 Å². The van der Waals surface area contributed by atoms with E-state index >= 15 is 0 Å². The lowest BCUT2D eigenvalue weighted by Gasteiger charge is -2.05. The van der Waals surface area contributed by atoms with Crippen LogP contribution in [0.3, 0.4) is 0 Å². The number of rotatable bonds is 5. The van der Waals surface area contributed by atoms with E-state index in [0.29, 0.717) is 17.0 Å². The molecule has 0 fully saturated rings. The van der Waals surface area contributed by atoms with Crippen LogP contribution in [0.1, 0.15) is 19.2 Å². The summed E-state index contributed by atoms with van der Waals surface area (Å²) in [4.78, 5) is 0. The largest absolute Gasteiger partial charge is 0.363 e. The van der Waals surface area contributed by atoms with Crippen molar-refractivity contribution in [3.63, 3.8) is 0 Å². The van der Waals surface area contributed by atoms with Gasteiger partial charge in [0, 0.05) is 25.0 Å². The van der Waals surface area contributed by atoms with Crippen LogP contribution in [0.2, 0.25) is 0 Å². The van der Waals surface area contributed by atoms with E-state index in [4.69, 9.17) is 0 Å². The maximum absolute atomic E-state index is 12.3. The van der Waals surface area contributed by atoms with Gasteiger partial charge in [-0.25, -0.2) is 4.68 Å². The normalized spacial score (nSPS) is 10.4. The molecule has 0 bridgehead atoms. The molecule has 2 rings (SSSR count). The van der Waals surface area contributed by atoms with Gasteiger partial charge in [0.25, 0.3) is 0 Å². The first-order valence-corrected chi connectivity index (χ1v) is 5.28. The summed E-state index contributed by atoms with van der Waals surface area (Å²) >= 11 is 0. The molecule has 0 radical (unpaired) electrons. The fourth-order valence-electron chi connectivity index (χ4n) is 1.52. The van der Waals surface area contributed by atoms with E-state index < -0.39 is 6.55 Å². The fraction of sp³-hybridized carbons (Fsp3) is 0.400. The highest BCUT2D eigenvalue weighted by Crippen LogP contribution is 2.12. The van der Waals surface area contributed by atoms with Crippen LogP contribution in [0.5, 0.6) is 0 Å². The van der Waals surface area contributed by atoms with Crippen LogP contribution >= 0.6 is 12.4 Å². The van der Waals surface area contributed by atoms with Crippen molar-refractivity contribution in [3.8, 4) is 0 Å². The quantitative estimate of drug-likeness (QED) is 0.914. The Kier molecular flexibility index (Phi) is 5.08. The zero-order valence-corrected chi connectivity index (χ0v) is 10.6. The van der Waals surface area contributed by atoms with E-state index in [1.165, 1.54) is 12.3 Å². The molecule has 100 valence electrons. The van der Waals surface area contributed by atoms with Gasteiger partial charge in [-0.15, -0.1) is 12.4 Å². The zero-order valence-electron chi connectivity index (χ0n) is 9.75. The van der Waals surface area contributed by atoms with Crippen molar-refractivity contribution in [2.45, 2.75) is 26.6 Å². The predicted molar refractivity (Wildman–Crippen MR) is 66.0 cm³/mol. The Labute approximate surface area is 109 Å². The molecule has 18 heavy (non-hydrogen) atoms. The van der Waals surface area contributed by atoms with Gasteiger partial charge in [-0.05, 0) is 13.0 Å². The lowest BCUT2D eigenvalue weighted by Crippen LogP contribution is -2.08. The highest BCUT2D eigenvalue weighted by Gasteiger charge is 2.07. The molecule has 0 aliphatic carbocycles. The molecular formula is C10H14ClF2N5. The second kappa shape index (κ2) is 6.34. The lowest BCUT2D eigenvalue weighted by atomic mass is 10.4. The molecule has 0 amide bonds. The molecule has 1 N–H and O–H groups in total. The van der Waals surface area contributed by atoms with Gasteiger partial charge >= 0.3 is 6.55 Å². The number of aromatic nitrogens is 4. The topological polar surface area (TPSA) is 47.7 Å². The average molecular weight is 278 g/mol. The Balaban J connectivity index is 0.00000162. The molecule has 2 heterocycles. The van der Waals surface area contributed by atoms with Crippen LogP contribution in [-0.2, 0) is 13.1 Å². The lowest BCUT2D eigenvalue weighted by molar-refractivity contribution is 0.0569. The maximum atomic E-state index is 12.3. The molecule has 8 heteroatoms. The fourth-order valence-corrected chi connectivity index (χ4v) is 1.52. The standard InChI is InChI=1S/C10H13F2N5.ClH/c1-2-16-8(3-5-14-16)7-13-9-4-6-17(15-9)10(11)12;/h3-6,10H,2,7H2,1H3,(H,13,15);1H. The Bertz CT molecular complexity index is 482. The molecule has 2 aromatic heterocycles. The van der Waals surface area contributed by atoms with Crippen molar-refractivity contribution in [1.82, 2.24) is 19.6 Å². The minimum absolute atomic E-state index is 0. The Hall–Kier alpha value is -1.63. The highest BCUT2D eigenvalue weighted by molar-refractivity contribution is 5.85. The SMILES string of the molecule is CCn1nccc1CNc1ccn(C(F)F)n1.Cl. The molecule has 0 spiro atoms. The van der Waals surface area contributed by atoms with Crippen LogP contribution in [0.25, 0.3) is 0 Å². The van der Waals surface area contributed by atoms with Gasteiger partial charge in [0.1, 0.15) is 5.82 Å². The van der Waals surface area contributed by atoms with Gasteiger partial charge < -0.3 is 5.32 Å². The van der Waals surface area contributed by atoms with Crippen molar-refractivity contribution in [1.29, 1.82) is 0 Å². The second-order valence-corrected chi connectivity index (χ2v) is 3.45. The van der Waals surface area contributed by atoms with Crippen molar-refractivity contribution >= 4 is 18.2 Å². The molecule has 0 atom stereocenters. The molecular weight excluding hydrogens is 264 g/mol. The molecule has 2 aromatic rings. The maximum Gasteiger partial charge on any atom is 0.333 e. The summed E-state index contributed by atoms with van der Waals surface area (Å²) in [7, 11) is 0. The molecule has 0 saturated heterocycles. The number of alkyl halides is 2. The van der Waals surface area contributed by atoms with Gasteiger partial charge in [0.2, 0.25) is 0 Å². The highest BCUT2D eigenvalue weighted by atomic mass is 35.5. The van der Waals surface area contributed by atoms with Gasteiger partial charge in [-0.2, -0.15) is 19.0 Å². The molecule has 0 aliphatic heterocycles. The van der Waals surface area contributed by atoms with Crippen LogP contribution in [0.4, 0.5) is 14.6 Å². The molecule has 0 unspecified atom stereocenters. The minimum atomic E-state index is -2.60. The molecule has 0 saturated carbocycles. The van der Waals surface area contributed by atoms with E-state index in [1.54, 1.807) is 6.20 Å². The van der Waals surface area contributed by atoms with Gasteiger partial charge in [0.05, 0.1) is 12.2 Å².